The maximum absolute atomic E-state index is 6.54. The molecule has 0 atom stereocenters. The molecule has 0 saturated carbocycles. The van der Waals surface area contributed by atoms with Crippen molar-refractivity contribution < 1.29 is 9.47 Å². The molecule has 6 nitrogen and oxygen atoms in total. The number of para-hydroxylation sites is 1. The smallest absolute Gasteiger partial charge is 0.203 e. The molecule has 0 N–H and O–H groups in total. The molecule has 176 valence electrons. The first kappa shape index (κ1) is 24.0. The maximum atomic E-state index is 6.54. The second-order valence-electron chi connectivity index (χ2n) is 8.71. The highest BCUT2D eigenvalue weighted by Gasteiger charge is 2.17. The van der Waals surface area contributed by atoms with Crippen molar-refractivity contribution in [2.45, 2.75) is 33.4 Å². The largest absolute Gasteiger partial charge is 0.492 e. The van der Waals surface area contributed by atoms with Crippen LogP contribution in [0.25, 0.3) is 5.69 Å². The van der Waals surface area contributed by atoms with Gasteiger partial charge in [-0.1, -0.05) is 49.7 Å². The molecule has 0 aliphatic carbocycles. The summed E-state index contributed by atoms with van der Waals surface area (Å²) in [6, 6.07) is 16.1. The van der Waals surface area contributed by atoms with Crippen molar-refractivity contribution in [1.29, 1.82) is 0 Å². The summed E-state index contributed by atoms with van der Waals surface area (Å²) in [5.41, 5.74) is 2.07. The number of nitrogens with zero attached hydrogens (tertiary/aromatic N) is 4. The first-order chi connectivity index (χ1) is 16.0. The summed E-state index contributed by atoms with van der Waals surface area (Å²) in [4.78, 5) is 2.31. The second-order valence-corrected chi connectivity index (χ2v) is 9.49. The quantitative estimate of drug-likeness (QED) is 0.381. The highest BCUT2D eigenvalue weighted by Crippen LogP contribution is 2.27. The standard InChI is InChI=1S/C25H31ClN4O2S/c1-19(2)10-13-32-23-9-8-20(16-22(23)26)17-24-27-29(18-28-11-14-31-15-12-28)25(33)30(24)21-6-4-3-5-7-21/h3-9,16,19H,10-15,17-18H2,1-2H3. The van der Waals surface area contributed by atoms with Crippen LogP contribution in [0.15, 0.2) is 48.5 Å². The van der Waals surface area contributed by atoms with E-state index in [0.717, 1.165) is 55.5 Å². The lowest BCUT2D eigenvalue weighted by molar-refractivity contribution is 0.0209. The van der Waals surface area contributed by atoms with Crippen LogP contribution in [0.5, 0.6) is 5.75 Å². The maximum Gasteiger partial charge on any atom is 0.203 e. The zero-order valence-corrected chi connectivity index (χ0v) is 20.8. The molecule has 4 rings (SSSR count). The van der Waals surface area contributed by atoms with Crippen LogP contribution in [-0.2, 0) is 17.8 Å². The third-order valence-electron chi connectivity index (χ3n) is 5.67. The van der Waals surface area contributed by atoms with Gasteiger partial charge in [0.15, 0.2) is 0 Å². The summed E-state index contributed by atoms with van der Waals surface area (Å²) >= 11 is 12.4. The molecule has 0 spiro atoms. The molecule has 2 aromatic carbocycles. The third kappa shape index (κ3) is 6.23. The van der Waals surface area contributed by atoms with Crippen LogP contribution >= 0.6 is 23.8 Å². The van der Waals surface area contributed by atoms with E-state index in [4.69, 9.17) is 38.4 Å². The van der Waals surface area contributed by atoms with E-state index in [1.807, 2.05) is 35.0 Å². The van der Waals surface area contributed by atoms with Crippen molar-refractivity contribution in [3.63, 3.8) is 0 Å². The van der Waals surface area contributed by atoms with Crippen molar-refractivity contribution >= 4 is 23.8 Å². The second kappa shape index (κ2) is 11.3. The highest BCUT2D eigenvalue weighted by atomic mass is 35.5. The average Bonchev–Trinajstić information content (AvgIpc) is 3.10. The number of halogens is 1. The predicted molar refractivity (Wildman–Crippen MR) is 134 cm³/mol. The molecule has 0 radical (unpaired) electrons. The Morgan fingerprint density at radius 3 is 2.58 bits per heavy atom. The Balaban J connectivity index is 1.59. The van der Waals surface area contributed by atoms with Gasteiger partial charge in [-0.25, -0.2) is 4.68 Å². The van der Waals surface area contributed by atoms with Gasteiger partial charge in [-0.05, 0) is 54.4 Å². The number of aromatic nitrogens is 3. The molecule has 0 amide bonds. The molecular weight excluding hydrogens is 456 g/mol. The van der Waals surface area contributed by atoms with Gasteiger partial charge in [-0.3, -0.25) is 9.47 Å². The first-order valence-electron chi connectivity index (χ1n) is 11.5. The summed E-state index contributed by atoms with van der Waals surface area (Å²) < 4.78 is 16.0. The molecular formula is C25H31ClN4O2S. The van der Waals surface area contributed by atoms with Gasteiger partial charge in [0.1, 0.15) is 11.6 Å². The molecule has 1 saturated heterocycles. The van der Waals surface area contributed by atoms with Gasteiger partial charge in [0, 0.05) is 25.2 Å². The van der Waals surface area contributed by atoms with Crippen LogP contribution < -0.4 is 4.74 Å². The van der Waals surface area contributed by atoms with E-state index < -0.39 is 0 Å². The van der Waals surface area contributed by atoms with E-state index >= 15 is 0 Å². The zero-order valence-electron chi connectivity index (χ0n) is 19.2. The minimum absolute atomic E-state index is 0.594. The van der Waals surface area contributed by atoms with Crippen molar-refractivity contribution in [3.8, 4) is 11.4 Å². The predicted octanol–water partition coefficient (Wildman–Crippen LogP) is 5.36. The van der Waals surface area contributed by atoms with Crippen LogP contribution in [0.2, 0.25) is 5.02 Å². The number of hydrogen-bond acceptors (Lipinski definition) is 5. The van der Waals surface area contributed by atoms with Crippen LogP contribution in [0.3, 0.4) is 0 Å². The van der Waals surface area contributed by atoms with E-state index in [2.05, 4.69) is 41.5 Å². The molecule has 33 heavy (non-hydrogen) atoms. The number of benzene rings is 2. The summed E-state index contributed by atoms with van der Waals surface area (Å²) in [5.74, 6) is 2.19. The van der Waals surface area contributed by atoms with Crippen LogP contribution in [0, 0.1) is 10.7 Å². The Hall–Kier alpha value is -2.19. The van der Waals surface area contributed by atoms with Crippen LogP contribution in [0.4, 0.5) is 0 Å². The Morgan fingerprint density at radius 2 is 1.88 bits per heavy atom. The third-order valence-corrected chi connectivity index (χ3v) is 6.36. The van der Waals surface area contributed by atoms with E-state index in [9.17, 15) is 0 Å². The van der Waals surface area contributed by atoms with Gasteiger partial charge < -0.3 is 9.47 Å². The number of ether oxygens (including phenoxy) is 2. The van der Waals surface area contributed by atoms with Crippen molar-refractivity contribution in [3.05, 3.63) is 69.7 Å². The van der Waals surface area contributed by atoms with E-state index in [1.54, 1.807) is 0 Å². The normalized spacial score (nSPS) is 14.7. The van der Waals surface area contributed by atoms with E-state index in [1.165, 1.54) is 0 Å². The molecule has 3 aromatic rings. The lowest BCUT2D eigenvalue weighted by atomic mass is 10.1. The summed E-state index contributed by atoms with van der Waals surface area (Å²) in [5, 5.41) is 5.53. The minimum atomic E-state index is 0.594. The summed E-state index contributed by atoms with van der Waals surface area (Å²) in [7, 11) is 0. The Bertz CT molecular complexity index is 1110. The van der Waals surface area contributed by atoms with E-state index in [0.29, 0.717) is 35.4 Å². The fourth-order valence-corrected chi connectivity index (χ4v) is 4.35. The van der Waals surface area contributed by atoms with Gasteiger partial charge in [0.05, 0.1) is 31.5 Å². The topological polar surface area (TPSA) is 44.4 Å². The number of morpholine rings is 1. The van der Waals surface area contributed by atoms with Gasteiger partial charge >= 0.3 is 0 Å². The number of rotatable bonds is 9. The van der Waals surface area contributed by atoms with Gasteiger partial charge in [0.2, 0.25) is 4.77 Å². The van der Waals surface area contributed by atoms with Crippen LogP contribution in [-0.4, -0.2) is 52.2 Å². The zero-order chi connectivity index (χ0) is 23.2. The molecule has 2 heterocycles. The Morgan fingerprint density at radius 1 is 1.12 bits per heavy atom. The molecule has 1 aromatic heterocycles. The highest BCUT2D eigenvalue weighted by molar-refractivity contribution is 7.71. The average molecular weight is 487 g/mol. The minimum Gasteiger partial charge on any atom is -0.492 e. The summed E-state index contributed by atoms with van der Waals surface area (Å²) in [6.45, 7) is 8.91. The monoisotopic (exact) mass is 486 g/mol. The number of hydrogen-bond donors (Lipinski definition) is 0. The molecule has 1 aliphatic rings. The Kier molecular flexibility index (Phi) is 8.20. The molecule has 8 heteroatoms. The fraction of sp³-hybridized carbons (Fsp3) is 0.440. The van der Waals surface area contributed by atoms with E-state index in [-0.39, 0.29) is 0 Å². The van der Waals surface area contributed by atoms with Gasteiger partial charge in [-0.2, -0.15) is 5.10 Å². The molecule has 1 fully saturated rings. The fourth-order valence-electron chi connectivity index (χ4n) is 3.79. The van der Waals surface area contributed by atoms with Crippen molar-refractivity contribution in [2.75, 3.05) is 32.9 Å². The molecule has 1 aliphatic heterocycles. The van der Waals surface area contributed by atoms with Crippen molar-refractivity contribution in [1.82, 2.24) is 19.2 Å². The van der Waals surface area contributed by atoms with Crippen LogP contribution in [0.1, 0.15) is 31.7 Å². The van der Waals surface area contributed by atoms with Gasteiger partial charge in [0.25, 0.3) is 0 Å². The lowest BCUT2D eigenvalue weighted by Gasteiger charge is -2.26. The lowest BCUT2D eigenvalue weighted by Crippen LogP contribution is -2.37. The first-order valence-corrected chi connectivity index (χ1v) is 12.3. The van der Waals surface area contributed by atoms with Gasteiger partial charge in [-0.15, -0.1) is 0 Å². The molecule has 0 bridgehead atoms. The molecule has 0 unspecified atom stereocenters. The summed E-state index contributed by atoms with van der Waals surface area (Å²) in [6.07, 6.45) is 1.61. The Labute approximate surface area is 205 Å². The SMILES string of the molecule is CC(C)CCOc1ccc(Cc2nn(CN3CCOCC3)c(=S)n2-c2ccccc2)cc1Cl. The van der Waals surface area contributed by atoms with Crippen molar-refractivity contribution in [2.24, 2.45) is 5.92 Å².